The number of anilines is 8. The van der Waals surface area contributed by atoms with Crippen molar-refractivity contribution in [3.05, 3.63) is 314 Å². The molecule has 0 fully saturated rings. The summed E-state index contributed by atoms with van der Waals surface area (Å²) in [6, 6.07) is 35.9. The average molecular weight is 2000 g/mol. The van der Waals surface area contributed by atoms with Gasteiger partial charge in [-0.2, -0.15) is 0 Å². The number of unbranched alkanes of at least 4 members (excludes halogenated alkanes) is 10. The molecule has 129 heavy (non-hydrogen) atoms. The third-order valence-electron chi connectivity index (χ3n) is 20.8. The van der Waals surface area contributed by atoms with Gasteiger partial charge in [0.1, 0.15) is 0 Å². The fourth-order valence-corrected chi connectivity index (χ4v) is 16.9. The summed E-state index contributed by atoms with van der Waals surface area (Å²) in [7, 11) is 4.61. The van der Waals surface area contributed by atoms with E-state index in [0.717, 1.165) is 0 Å². The van der Waals surface area contributed by atoms with Gasteiger partial charge in [0.05, 0.1) is 0 Å². The molecule has 1 radical (unpaired) electrons. The van der Waals surface area contributed by atoms with Gasteiger partial charge in [0.25, 0.3) is 0 Å². The van der Waals surface area contributed by atoms with E-state index in [1.165, 1.54) is 262 Å². The van der Waals surface area contributed by atoms with E-state index in [9.17, 15) is 0 Å². The second-order valence-electron chi connectivity index (χ2n) is 33.0. The van der Waals surface area contributed by atoms with Gasteiger partial charge >= 0.3 is 76.0 Å². The minimum absolute atomic E-state index is 0. The van der Waals surface area contributed by atoms with Crippen molar-refractivity contribution in [2.24, 2.45) is 5.25 Å². The van der Waals surface area contributed by atoms with Crippen LogP contribution < -0.4 is 86.4 Å². The molecule has 8 aromatic carbocycles. The summed E-state index contributed by atoms with van der Waals surface area (Å²) in [4.78, 5) is 33.3. The third kappa shape index (κ3) is 41.5. The fourth-order valence-electron chi connectivity index (χ4n) is 16.9. The van der Waals surface area contributed by atoms with Crippen molar-refractivity contribution in [1.29, 1.82) is 0 Å². The molecular formula is C112H159Cl3N9NaO2Ru2-4. The molecule has 0 amide bonds. The van der Waals surface area contributed by atoms with E-state index < -0.39 is 0 Å². The first-order valence-corrected chi connectivity index (χ1v) is 46.7. The van der Waals surface area contributed by atoms with Crippen molar-refractivity contribution in [3.63, 3.8) is 0 Å². The van der Waals surface area contributed by atoms with Gasteiger partial charge in [-0.05, 0) is 340 Å². The zero-order valence-electron chi connectivity index (χ0n) is 84.5. The van der Waals surface area contributed by atoms with Crippen molar-refractivity contribution >= 4 is 80.5 Å². The molecule has 0 saturated heterocycles. The number of nitrogens with zero attached hydrogens (tertiary/aromatic N) is 8. The van der Waals surface area contributed by atoms with Gasteiger partial charge < -0.3 is 68.6 Å². The molecule has 0 spiro atoms. The second kappa shape index (κ2) is 69.1. The first-order chi connectivity index (χ1) is 59.6. The number of hydrogen-bond donors (Lipinski definition) is 1. The van der Waals surface area contributed by atoms with Crippen LogP contribution in [0.25, 0.3) is 0 Å². The van der Waals surface area contributed by atoms with E-state index in [1.54, 1.807) is 17.3 Å². The van der Waals surface area contributed by atoms with Gasteiger partial charge in [0, 0.05) is 48.4 Å². The number of terminal acetylenes is 2. The van der Waals surface area contributed by atoms with Gasteiger partial charge in [0.2, 0.25) is 0 Å². The Labute approximate surface area is 850 Å². The number of hydrogen-bond acceptors (Lipinski definition) is 11. The van der Waals surface area contributed by atoms with Crippen LogP contribution in [0.5, 0.6) is 0 Å². The molecule has 0 saturated carbocycles. The van der Waals surface area contributed by atoms with Crippen LogP contribution >= 0.6 is 21.5 Å². The number of aryl methyl sites for hydroxylation is 24. The van der Waals surface area contributed by atoms with Gasteiger partial charge in [-0.3, -0.25) is 13.6 Å². The maximum atomic E-state index is 7.75. The first-order valence-electron chi connectivity index (χ1n) is 43.9. The predicted octanol–water partition coefficient (Wildman–Crippen LogP) is 24.9. The van der Waals surface area contributed by atoms with Crippen molar-refractivity contribution in [2.75, 3.05) is 39.2 Å². The van der Waals surface area contributed by atoms with Crippen LogP contribution in [0.2, 0.25) is 0 Å². The number of rotatable bonds is 18. The second-order valence-corrected chi connectivity index (χ2v) is 33.0. The van der Waals surface area contributed by atoms with Crippen molar-refractivity contribution < 1.29 is 91.2 Å². The zero-order chi connectivity index (χ0) is 94.9. The Bertz CT molecular complexity index is 3930. The molecule has 4 aliphatic heterocycles. The monoisotopic (exact) mass is 1990 g/mol. The summed E-state index contributed by atoms with van der Waals surface area (Å²) < 4.78 is 0. The molecule has 706 valence electrons. The standard InChI is InChI=1S/4C21H25N2.2C8H18.C6H2.C3H8.2CHO.CH3.ClH2N.2ClH.Na.2Ru.2H2.2H/c4*1-14-9-16(3)20(17(4)10-14)22-7-8-23(13-22)21-18(5)11-15(2)12-19(21)6;2*1-3-5-7-8-6-4-2;1-3-5-6-4-2;1-3-2;2*1-2;;1-2;;;;;;;;;/h4*7-13H,1-6H3;2*3-8H2,1-2H3;1-2H;3H2,1-2H3;2*1H;1H3;2H2;2*1H;;;;2*1H;;/q4*-1;;;;;3*-1;;;;2*+1;+3;;;;/p-2. The van der Waals surface area contributed by atoms with Crippen LogP contribution in [0.15, 0.2) is 147 Å². The van der Waals surface area contributed by atoms with Crippen LogP contribution in [-0.4, -0.2) is 13.6 Å². The quantitative estimate of drug-likeness (QED) is 0.0223. The Balaban J connectivity index is -0.000000352. The van der Waals surface area contributed by atoms with Crippen LogP contribution in [-0.2, 0) is 46.4 Å². The Kier molecular flexibility index (Phi) is 68.3. The fraction of sp³-hybridized carbons (Fsp3) is 0.384. The molecule has 2 N–H and O–H groups in total. The van der Waals surface area contributed by atoms with Gasteiger partial charge in [-0.1, -0.05) is 267 Å². The predicted molar refractivity (Wildman–Crippen MR) is 561 cm³/mol. The topological polar surface area (TPSA) is 86.1 Å². The van der Waals surface area contributed by atoms with Crippen LogP contribution in [0.3, 0.4) is 0 Å². The molecule has 0 bridgehead atoms. The molecule has 0 unspecified atom stereocenters. The van der Waals surface area contributed by atoms with Gasteiger partial charge in [-0.25, -0.2) is 5.25 Å². The van der Waals surface area contributed by atoms with Crippen LogP contribution in [0.4, 0.5) is 45.5 Å². The SMILES string of the molecule is C#CC#CC#C.CCC.CCCCCCCC.CCCCCCCC.Cc1cc(C)c(N2C=CN(c3c(C)cc(C)cc3C)[CH-]2)c(C)c1.Cc1cc(C)c(N2C=CN(c3c(C)cc(C)cc3C)[CH-]2)c(C)c1.Cc1cc(C)c(N2C=CN(c3c(C)cc(C)cc3C)[CH-]2)c(C)c1.Cc1cc(C)c(N2C=CN(c3c(C)cc(C)cc3C)[CH-]2)c(C)c1.NCl.[CH-]=O.[CH-]=O.[CH3-].[Cl-].[Cl][RuH].[HH].[HH].[Na+].[RuH+3]. The molecule has 4 heterocycles. The summed E-state index contributed by atoms with van der Waals surface area (Å²) >= 11 is 5.76. The molecule has 17 heteroatoms. The molecule has 0 aromatic heterocycles. The summed E-state index contributed by atoms with van der Waals surface area (Å²) in [6.07, 6.45) is 44.8. The molecule has 4 aliphatic rings. The molecular weight excluding hydrogens is 1830 g/mol. The Hall–Kier alpha value is -7.78. The van der Waals surface area contributed by atoms with E-state index in [4.69, 9.17) is 22.4 Å². The first kappa shape index (κ1) is 128. The number of benzene rings is 8. The normalized spacial score (nSPS) is 11.6. The number of carbonyl (C=O) groups excluding carboxylic acids is 2. The molecule has 0 aliphatic carbocycles. The van der Waals surface area contributed by atoms with E-state index in [1.807, 2.05) is 0 Å². The van der Waals surface area contributed by atoms with Crippen LogP contribution in [0.1, 0.15) is 261 Å². The molecule has 11 nitrogen and oxygen atoms in total. The third-order valence-corrected chi connectivity index (χ3v) is 20.8. The van der Waals surface area contributed by atoms with Gasteiger partial charge in [0.15, 0.2) is 0 Å². The van der Waals surface area contributed by atoms with Crippen molar-refractivity contribution in [2.45, 2.75) is 291 Å². The van der Waals surface area contributed by atoms with Crippen molar-refractivity contribution in [3.8, 4) is 36.5 Å². The van der Waals surface area contributed by atoms with E-state index >= 15 is 0 Å². The molecule has 12 rings (SSSR count). The minimum atomic E-state index is 0. The summed E-state index contributed by atoms with van der Waals surface area (Å²) in [5.41, 5.74) is 41.6. The number of nitrogens with two attached hydrogens (primary N) is 1. The Morgan fingerprint density at radius 1 is 0.279 bits per heavy atom. The van der Waals surface area contributed by atoms with E-state index in [2.05, 4.69) is 484 Å². The molecule has 8 aromatic rings. The zero-order valence-corrected chi connectivity index (χ0v) is 92.5. The molecule has 0 atom stereocenters. The Morgan fingerprint density at radius 2 is 0.372 bits per heavy atom. The summed E-state index contributed by atoms with van der Waals surface area (Å²) in [6.45, 7) is 80.6. The average Bonchev–Trinajstić information content (AvgIpc) is 1.68. The maximum absolute atomic E-state index is 7.75. The van der Waals surface area contributed by atoms with Gasteiger partial charge in [-0.15, -0.1) is 39.5 Å². The van der Waals surface area contributed by atoms with Crippen molar-refractivity contribution in [1.82, 2.24) is 0 Å². The summed E-state index contributed by atoms with van der Waals surface area (Å²) in [5, 5.41) is 3.97. The Morgan fingerprint density at radius 3 is 0.450 bits per heavy atom. The van der Waals surface area contributed by atoms with E-state index in [0.29, 0.717) is 0 Å². The number of halogens is 3. The van der Waals surface area contributed by atoms with E-state index in [-0.39, 0.29) is 71.7 Å². The summed E-state index contributed by atoms with van der Waals surface area (Å²) in [5.74, 6) is 8.61. The van der Waals surface area contributed by atoms with Crippen LogP contribution in [0, 0.1) is 237 Å².